The smallest absolute Gasteiger partial charge is 0.339 e. The van der Waals surface area contributed by atoms with Gasteiger partial charge < -0.3 is 9.52 Å². The molecule has 5 nitrogen and oxygen atoms in total. The fourth-order valence-corrected chi connectivity index (χ4v) is 1.82. The van der Waals surface area contributed by atoms with Gasteiger partial charge in [-0.15, -0.1) is 0 Å². The predicted octanol–water partition coefficient (Wildman–Crippen LogP) is 2.35. The SMILES string of the molecule is CC(C)CN(CCC#N)Cc1occc1C(=O)O. The minimum Gasteiger partial charge on any atom is -0.478 e. The molecule has 0 aliphatic carbocycles. The molecule has 0 aromatic carbocycles. The molecule has 0 saturated heterocycles. The maximum Gasteiger partial charge on any atom is 0.339 e. The van der Waals surface area contributed by atoms with Gasteiger partial charge in [-0.25, -0.2) is 4.79 Å². The van der Waals surface area contributed by atoms with E-state index in [4.69, 9.17) is 14.8 Å². The summed E-state index contributed by atoms with van der Waals surface area (Å²) in [6, 6.07) is 3.55. The third kappa shape index (κ3) is 4.22. The molecule has 0 amide bonds. The summed E-state index contributed by atoms with van der Waals surface area (Å²) in [5.74, 6) is -0.0865. The highest BCUT2D eigenvalue weighted by atomic mass is 16.4. The monoisotopic (exact) mass is 250 g/mol. The Kier molecular flexibility index (Phi) is 5.40. The number of carboxylic acids is 1. The van der Waals surface area contributed by atoms with Gasteiger partial charge in [0.25, 0.3) is 0 Å². The molecular weight excluding hydrogens is 232 g/mol. The first-order chi connectivity index (χ1) is 8.54. The van der Waals surface area contributed by atoms with Gasteiger partial charge in [0.1, 0.15) is 11.3 Å². The van der Waals surface area contributed by atoms with Crippen LogP contribution >= 0.6 is 0 Å². The first kappa shape index (κ1) is 14.3. The normalized spacial score (nSPS) is 10.8. The molecule has 1 rings (SSSR count). The molecule has 1 aromatic rings. The van der Waals surface area contributed by atoms with Crippen LogP contribution in [0.3, 0.4) is 0 Å². The molecule has 98 valence electrons. The zero-order valence-electron chi connectivity index (χ0n) is 10.7. The van der Waals surface area contributed by atoms with Crippen LogP contribution in [0.15, 0.2) is 16.7 Å². The summed E-state index contributed by atoms with van der Waals surface area (Å²) >= 11 is 0. The van der Waals surface area contributed by atoms with E-state index >= 15 is 0 Å². The Bertz CT molecular complexity index is 432. The molecule has 0 aliphatic rings. The summed E-state index contributed by atoms with van der Waals surface area (Å²) < 4.78 is 5.21. The highest BCUT2D eigenvalue weighted by Crippen LogP contribution is 2.14. The lowest BCUT2D eigenvalue weighted by Gasteiger charge is -2.22. The van der Waals surface area contributed by atoms with Gasteiger partial charge in [0.15, 0.2) is 0 Å². The van der Waals surface area contributed by atoms with Gasteiger partial charge in [-0.1, -0.05) is 13.8 Å². The summed E-state index contributed by atoms with van der Waals surface area (Å²) in [6.45, 7) is 6.02. The van der Waals surface area contributed by atoms with Crippen LogP contribution in [0.5, 0.6) is 0 Å². The summed E-state index contributed by atoms with van der Waals surface area (Å²) in [5.41, 5.74) is 0.195. The summed E-state index contributed by atoms with van der Waals surface area (Å²) in [4.78, 5) is 13.0. The minimum absolute atomic E-state index is 0.195. The Labute approximate surface area is 107 Å². The molecule has 0 spiro atoms. The number of nitrogens with zero attached hydrogens (tertiary/aromatic N) is 2. The fraction of sp³-hybridized carbons (Fsp3) is 0.538. The molecule has 0 radical (unpaired) electrons. The van der Waals surface area contributed by atoms with Crippen LogP contribution in [-0.2, 0) is 6.54 Å². The molecule has 0 aliphatic heterocycles. The quantitative estimate of drug-likeness (QED) is 0.803. The maximum absolute atomic E-state index is 11.0. The lowest BCUT2D eigenvalue weighted by molar-refractivity contribution is 0.0692. The van der Waals surface area contributed by atoms with Gasteiger partial charge in [-0.2, -0.15) is 5.26 Å². The van der Waals surface area contributed by atoms with E-state index in [1.807, 2.05) is 4.90 Å². The largest absolute Gasteiger partial charge is 0.478 e. The molecule has 1 N–H and O–H groups in total. The Morgan fingerprint density at radius 3 is 2.89 bits per heavy atom. The van der Waals surface area contributed by atoms with Gasteiger partial charge in [-0.05, 0) is 12.0 Å². The van der Waals surface area contributed by atoms with Crippen molar-refractivity contribution in [3.05, 3.63) is 23.7 Å². The number of hydrogen-bond acceptors (Lipinski definition) is 4. The van der Waals surface area contributed by atoms with Crippen molar-refractivity contribution in [2.24, 2.45) is 5.92 Å². The Hall–Kier alpha value is -1.80. The lowest BCUT2D eigenvalue weighted by atomic mass is 10.2. The number of carboxylic acid groups (broad SMARTS) is 1. The van der Waals surface area contributed by atoms with E-state index in [0.29, 0.717) is 31.2 Å². The third-order valence-corrected chi connectivity index (χ3v) is 2.51. The van der Waals surface area contributed by atoms with Crippen LogP contribution in [0.4, 0.5) is 0 Å². The van der Waals surface area contributed by atoms with E-state index in [1.54, 1.807) is 0 Å². The van der Waals surface area contributed by atoms with Crippen molar-refractivity contribution in [1.82, 2.24) is 4.90 Å². The Morgan fingerprint density at radius 2 is 2.33 bits per heavy atom. The van der Waals surface area contributed by atoms with Crippen LogP contribution in [-0.4, -0.2) is 29.1 Å². The molecule has 0 fully saturated rings. The van der Waals surface area contributed by atoms with Crippen molar-refractivity contribution in [3.8, 4) is 6.07 Å². The Morgan fingerprint density at radius 1 is 1.61 bits per heavy atom. The molecule has 5 heteroatoms. The first-order valence-corrected chi connectivity index (χ1v) is 5.93. The number of carbonyl (C=O) groups is 1. The molecule has 1 heterocycles. The minimum atomic E-state index is -0.983. The van der Waals surface area contributed by atoms with Crippen molar-refractivity contribution < 1.29 is 14.3 Å². The van der Waals surface area contributed by atoms with Crippen LogP contribution in [0.25, 0.3) is 0 Å². The van der Waals surface area contributed by atoms with Gasteiger partial charge in [0, 0.05) is 19.5 Å². The number of aromatic carboxylic acids is 1. The Balaban J connectivity index is 2.72. The van der Waals surface area contributed by atoms with Crippen LogP contribution in [0.1, 0.15) is 36.4 Å². The number of rotatable bonds is 7. The van der Waals surface area contributed by atoms with E-state index in [9.17, 15) is 4.79 Å². The molecule has 1 aromatic heterocycles. The van der Waals surface area contributed by atoms with Gasteiger partial charge in [0.2, 0.25) is 0 Å². The molecular formula is C13H18N2O3. The zero-order chi connectivity index (χ0) is 13.5. The molecule has 0 atom stereocenters. The van der Waals surface area contributed by atoms with E-state index < -0.39 is 5.97 Å². The van der Waals surface area contributed by atoms with Crippen molar-refractivity contribution in [2.45, 2.75) is 26.8 Å². The van der Waals surface area contributed by atoms with Crippen molar-refractivity contribution in [1.29, 1.82) is 5.26 Å². The van der Waals surface area contributed by atoms with Crippen LogP contribution < -0.4 is 0 Å². The molecule has 0 bridgehead atoms. The summed E-state index contributed by atoms with van der Waals surface area (Å²) in [5, 5.41) is 17.6. The second-order valence-corrected chi connectivity index (χ2v) is 4.60. The van der Waals surface area contributed by atoms with Gasteiger partial charge in [0.05, 0.1) is 18.9 Å². The van der Waals surface area contributed by atoms with Crippen LogP contribution in [0, 0.1) is 17.2 Å². The molecule has 18 heavy (non-hydrogen) atoms. The van der Waals surface area contributed by atoms with Crippen molar-refractivity contribution >= 4 is 5.97 Å². The number of furan rings is 1. The summed E-state index contributed by atoms with van der Waals surface area (Å²) in [7, 11) is 0. The highest BCUT2D eigenvalue weighted by Gasteiger charge is 2.17. The van der Waals surface area contributed by atoms with E-state index in [2.05, 4.69) is 19.9 Å². The zero-order valence-corrected chi connectivity index (χ0v) is 10.7. The van der Waals surface area contributed by atoms with E-state index in [-0.39, 0.29) is 5.56 Å². The highest BCUT2D eigenvalue weighted by molar-refractivity contribution is 5.88. The number of nitriles is 1. The fourth-order valence-electron chi connectivity index (χ4n) is 1.82. The second-order valence-electron chi connectivity index (χ2n) is 4.60. The number of hydrogen-bond donors (Lipinski definition) is 1. The average Bonchev–Trinajstić information content (AvgIpc) is 2.73. The standard InChI is InChI=1S/C13H18N2O3/c1-10(2)8-15(6-3-5-14)9-12-11(13(16)17)4-7-18-12/h4,7,10H,3,6,8-9H2,1-2H3,(H,16,17). The second kappa shape index (κ2) is 6.82. The van der Waals surface area contributed by atoms with Gasteiger partial charge >= 0.3 is 5.97 Å². The van der Waals surface area contributed by atoms with E-state index in [1.165, 1.54) is 12.3 Å². The van der Waals surface area contributed by atoms with Crippen LogP contribution in [0.2, 0.25) is 0 Å². The lowest BCUT2D eigenvalue weighted by Crippen LogP contribution is -2.28. The van der Waals surface area contributed by atoms with Crippen molar-refractivity contribution in [3.63, 3.8) is 0 Å². The average molecular weight is 250 g/mol. The molecule has 0 saturated carbocycles. The third-order valence-electron chi connectivity index (χ3n) is 2.51. The molecule has 0 unspecified atom stereocenters. The van der Waals surface area contributed by atoms with Gasteiger partial charge in [-0.3, -0.25) is 4.90 Å². The van der Waals surface area contributed by atoms with E-state index in [0.717, 1.165) is 6.54 Å². The predicted molar refractivity (Wildman–Crippen MR) is 66.0 cm³/mol. The van der Waals surface area contributed by atoms with Crippen molar-refractivity contribution in [2.75, 3.05) is 13.1 Å². The first-order valence-electron chi connectivity index (χ1n) is 5.93. The summed E-state index contributed by atoms with van der Waals surface area (Å²) in [6.07, 6.45) is 1.81. The maximum atomic E-state index is 11.0. The topological polar surface area (TPSA) is 77.5 Å².